The molecule has 2 aliphatic rings. The first-order chi connectivity index (χ1) is 20.8. The number of carbonyl (C=O) groups is 2. The minimum Gasteiger partial charge on any atom is -0.458 e. The van der Waals surface area contributed by atoms with Gasteiger partial charge in [-0.3, -0.25) is 9.59 Å². The first-order valence-corrected chi connectivity index (χ1v) is 16.9. The van der Waals surface area contributed by atoms with Crippen LogP contribution in [0, 0.1) is 11.8 Å². The summed E-state index contributed by atoms with van der Waals surface area (Å²) in [5.41, 5.74) is 2.43. The Hall–Kier alpha value is -3.84. The van der Waals surface area contributed by atoms with E-state index in [0.29, 0.717) is 23.9 Å². The second-order valence-corrected chi connectivity index (χ2v) is 14.1. The molecule has 0 spiro atoms. The predicted octanol–water partition coefficient (Wildman–Crippen LogP) is 7.01. The van der Waals surface area contributed by atoms with E-state index in [-0.39, 0.29) is 34.8 Å². The van der Waals surface area contributed by atoms with Gasteiger partial charge in [0.2, 0.25) is 0 Å². The zero-order chi connectivity index (χ0) is 30.0. The SMILES string of the molecule is CCCC1(CCc2ccccc2)CC(=O)C(C(c2cccc(CS(=O)(=O)c3ccc4ccccc4n3)c2)C2CC2)C(=O)O1. The number of fused-ring (bicyclic) bond motifs is 1. The quantitative estimate of drug-likeness (QED) is 0.137. The minimum absolute atomic E-state index is 0.0316. The molecule has 1 aliphatic heterocycles. The Balaban J connectivity index is 1.23. The number of ether oxygens (including phenoxy) is 1. The lowest BCUT2D eigenvalue weighted by molar-refractivity contribution is -0.180. The lowest BCUT2D eigenvalue weighted by atomic mass is 9.73. The van der Waals surface area contributed by atoms with Crippen molar-refractivity contribution in [3.63, 3.8) is 0 Å². The molecule has 1 aromatic heterocycles. The number of Topliss-reactive ketones (excluding diaryl/α,β-unsaturated/α-hetero) is 1. The van der Waals surface area contributed by atoms with E-state index >= 15 is 0 Å². The highest BCUT2D eigenvalue weighted by Gasteiger charge is 2.52. The standard InChI is InChI=1S/C36H37NO5S/c1-2-20-36(21-19-25-9-4-3-5-10-25)23-31(38)34(35(39)42-36)33(28-15-16-28)29-13-8-11-26(22-29)24-43(40,41)32-18-17-27-12-6-7-14-30(27)37-32/h3-14,17-18,22,28,33-34H,2,15-16,19-21,23-24H2,1H3. The van der Waals surface area contributed by atoms with Crippen molar-refractivity contribution in [3.8, 4) is 0 Å². The Morgan fingerprint density at radius 3 is 2.37 bits per heavy atom. The second-order valence-electron chi connectivity index (χ2n) is 12.2. The minimum atomic E-state index is -3.72. The first-order valence-electron chi connectivity index (χ1n) is 15.2. The maximum atomic E-state index is 13.9. The Labute approximate surface area is 253 Å². The van der Waals surface area contributed by atoms with Crippen LogP contribution in [0.4, 0.5) is 0 Å². The van der Waals surface area contributed by atoms with Crippen LogP contribution < -0.4 is 0 Å². The molecule has 6 rings (SSSR count). The number of hydrogen-bond donors (Lipinski definition) is 0. The Kier molecular flexibility index (Phi) is 8.19. The van der Waals surface area contributed by atoms with Gasteiger partial charge >= 0.3 is 5.97 Å². The number of pyridine rings is 1. The average molecular weight is 596 g/mol. The summed E-state index contributed by atoms with van der Waals surface area (Å²) < 4.78 is 33.0. The highest BCUT2D eigenvalue weighted by Crippen LogP contribution is 2.50. The zero-order valence-electron chi connectivity index (χ0n) is 24.4. The molecule has 7 heteroatoms. The van der Waals surface area contributed by atoms with E-state index in [1.54, 1.807) is 24.3 Å². The van der Waals surface area contributed by atoms with E-state index < -0.39 is 27.3 Å². The Bertz CT molecular complexity index is 1730. The number of nitrogens with zero attached hydrogens (tertiary/aromatic N) is 1. The lowest BCUT2D eigenvalue weighted by Crippen LogP contribution is -2.49. The fourth-order valence-electron chi connectivity index (χ4n) is 6.69. The molecule has 2 heterocycles. The summed E-state index contributed by atoms with van der Waals surface area (Å²) in [6.07, 6.45) is 4.89. The highest BCUT2D eigenvalue weighted by molar-refractivity contribution is 7.90. The third-order valence-corrected chi connectivity index (χ3v) is 10.5. The van der Waals surface area contributed by atoms with Gasteiger partial charge in [-0.1, -0.05) is 86.1 Å². The molecule has 43 heavy (non-hydrogen) atoms. The van der Waals surface area contributed by atoms with Crippen LogP contribution in [0.3, 0.4) is 0 Å². The van der Waals surface area contributed by atoms with Gasteiger partial charge in [0.15, 0.2) is 20.6 Å². The molecule has 1 saturated heterocycles. The molecule has 0 bridgehead atoms. The number of rotatable bonds is 11. The van der Waals surface area contributed by atoms with E-state index in [4.69, 9.17) is 4.74 Å². The summed E-state index contributed by atoms with van der Waals surface area (Å²) in [5.74, 6) is -1.72. The number of aryl methyl sites for hydroxylation is 1. The van der Waals surface area contributed by atoms with Crippen LogP contribution in [-0.2, 0) is 36.3 Å². The number of cyclic esters (lactones) is 1. The molecule has 6 nitrogen and oxygen atoms in total. The van der Waals surface area contributed by atoms with Gasteiger partial charge in [-0.05, 0) is 72.9 Å². The van der Waals surface area contributed by atoms with E-state index in [1.807, 2.05) is 54.6 Å². The number of hydrogen-bond acceptors (Lipinski definition) is 6. The fourth-order valence-corrected chi connectivity index (χ4v) is 7.97. The van der Waals surface area contributed by atoms with E-state index in [9.17, 15) is 18.0 Å². The Morgan fingerprint density at radius 1 is 0.884 bits per heavy atom. The maximum Gasteiger partial charge on any atom is 0.317 e. The van der Waals surface area contributed by atoms with Gasteiger partial charge in [0.1, 0.15) is 11.5 Å². The maximum absolute atomic E-state index is 13.9. The summed E-state index contributed by atoms with van der Waals surface area (Å²) in [4.78, 5) is 32.0. The molecule has 0 amide bonds. The molecule has 222 valence electrons. The fraction of sp³-hybridized carbons (Fsp3) is 0.361. The third-order valence-electron chi connectivity index (χ3n) is 8.91. The second kappa shape index (κ2) is 12.0. The number of para-hydroxylation sites is 1. The molecule has 4 aromatic rings. The van der Waals surface area contributed by atoms with Gasteiger partial charge < -0.3 is 4.74 Å². The molecule has 0 radical (unpaired) electrons. The zero-order valence-corrected chi connectivity index (χ0v) is 25.3. The van der Waals surface area contributed by atoms with Crippen LogP contribution in [0.15, 0.2) is 96.0 Å². The van der Waals surface area contributed by atoms with Crippen molar-refractivity contribution in [1.29, 1.82) is 0 Å². The van der Waals surface area contributed by atoms with Crippen molar-refractivity contribution < 1.29 is 22.7 Å². The average Bonchev–Trinajstić information content (AvgIpc) is 3.84. The molecule has 1 saturated carbocycles. The van der Waals surface area contributed by atoms with Crippen molar-refractivity contribution in [2.24, 2.45) is 11.8 Å². The molecule has 3 atom stereocenters. The number of ketones is 1. The van der Waals surface area contributed by atoms with Gasteiger partial charge in [0, 0.05) is 17.7 Å². The summed E-state index contributed by atoms with van der Waals surface area (Å²) in [6, 6.07) is 28.2. The van der Waals surface area contributed by atoms with Crippen LogP contribution in [0.25, 0.3) is 10.9 Å². The summed E-state index contributed by atoms with van der Waals surface area (Å²) in [5, 5.41) is 0.909. The normalized spacial score (nSPS) is 21.5. The predicted molar refractivity (Wildman–Crippen MR) is 166 cm³/mol. The van der Waals surface area contributed by atoms with Gasteiger partial charge in [-0.2, -0.15) is 0 Å². The van der Waals surface area contributed by atoms with Crippen molar-refractivity contribution >= 4 is 32.5 Å². The van der Waals surface area contributed by atoms with Crippen molar-refractivity contribution in [3.05, 3.63) is 108 Å². The van der Waals surface area contributed by atoms with Crippen LogP contribution in [0.1, 0.15) is 68.1 Å². The summed E-state index contributed by atoms with van der Waals surface area (Å²) in [6.45, 7) is 2.05. The third kappa shape index (κ3) is 6.42. The molecule has 3 aromatic carbocycles. The monoisotopic (exact) mass is 595 g/mol. The molecule has 0 N–H and O–H groups in total. The van der Waals surface area contributed by atoms with Crippen LogP contribution in [-0.4, -0.2) is 30.8 Å². The molecular weight excluding hydrogens is 558 g/mol. The number of aromatic nitrogens is 1. The van der Waals surface area contributed by atoms with Crippen molar-refractivity contribution in [2.75, 3.05) is 0 Å². The van der Waals surface area contributed by atoms with Gasteiger partial charge in [-0.25, -0.2) is 13.4 Å². The number of esters is 1. The first kappa shape index (κ1) is 29.2. The molecule has 1 aliphatic carbocycles. The number of carbonyl (C=O) groups excluding carboxylic acids is 2. The van der Waals surface area contributed by atoms with Crippen LogP contribution in [0.5, 0.6) is 0 Å². The summed E-state index contributed by atoms with van der Waals surface area (Å²) in [7, 11) is -3.72. The number of benzene rings is 3. The molecule has 2 fully saturated rings. The molecular formula is C36H37NO5S. The smallest absolute Gasteiger partial charge is 0.317 e. The van der Waals surface area contributed by atoms with Crippen molar-refractivity contribution in [2.45, 2.75) is 74.2 Å². The highest BCUT2D eigenvalue weighted by atomic mass is 32.2. The van der Waals surface area contributed by atoms with E-state index in [2.05, 4.69) is 24.0 Å². The Morgan fingerprint density at radius 2 is 1.63 bits per heavy atom. The van der Waals surface area contributed by atoms with Gasteiger partial charge in [-0.15, -0.1) is 0 Å². The van der Waals surface area contributed by atoms with Gasteiger partial charge in [0.05, 0.1) is 11.3 Å². The van der Waals surface area contributed by atoms with E-state index in [1.165, 1.54) is 0 Å². The lowest BCUT2D eigenvalue weighted by Gasteiger charge is -2.41. The summed E-state index contributed by atoms with van der Waals surface area (Å²) >= 11 is 0. The van der Waals surface area contributed by atoms with Crippen LogP contribution >= 0.6 is 0 Å². The van der Waals surface area contributed by atoms with Gasteiger partial charge in [0.25, 0.3) is 0 Å². The van der Waals surface area contributed by atoms with Crippen molar-refractivity contribution in [1.82, 2.24) is 4.98 Å². The number of sulfone groups is 1. The largest absolute Gasteiger partial charge is 0.458 e. The van der Waals surface area contributed by atoms with Crippen LogP contribution in [0.2, 0.25) is 0 Å². The topological polar surface area (TPSA) is 90.4 Å². The molecule has 3 unspecified atom stereocenters. The van der Waals surface area contributed by atoms with E-state index in [0.717, 1.165) is 42.2 Å².